The lowest BCUT2D eigenvalue weighted by atomic mass is 9.83. The molecule has 1 saturated carbocycles. The molecule has 2 fully saturated rings. The number of carbonyl (C=O) groups excluding carboxylic acids is 1. The third-order valence-corrected chi connectivity index (χ3v) is 4.84. The fraction of sp³-hybridized carbons (Fsp3) is 0.929. The molecular weight excluding hydrogens is 228 g/mol. The van der Waals surface area contributed by atoms with Gasteiger partial charge >= 0.3 is 0 Å². The number of nitrogens with zero attached hydrogens (tertiary/aromatic N) is 1. The molecule has 1 aliphatic carbocycles. The van der Waals surface area contributed by atoms with Crippen molar-refractivity contribution < 1.29 is 9.53 Å². The number of methoxy groups -OCH3 is 1. The van der Waals surface area contributed by atoms with Crippen molar-refractivity contribution in [3.63, 3.8) is 0 Å². The maximum absolute atomic E-state index is 12.7. The first-order chi connectivity index (χ1) is 8.55. The Labute approximate surface area is 110 Å². The van der Waals surface area contributed by atoms with E-state index in [9.17, 15) is 4.79 Å². The van der Waals surface area contributed by atoms with Gasteiger partial charge in [0.05, 0.1) is 11.0 Å². The lowest BCUT2D eigenvalue weighted by Gasteiger charge is -2.42. The average Bonchev–Trinajstić information content (AvgIpc) is 2.88. The molecule has 1 atom stereocenters. The molecular formula is C14H26N2O2. The number of carbonyl (C=O) groups is 1. The van der Waals surface area contributed by atoms with Crippen LogP contribution in [0.15, 0.2) is 0 Å². The lowest BCUT2D eigenvalue weighted by Crippen LogP contribution is -2.55. The Morgan fingerprint density at radius 1 is 1.28 bits per heavy atom. The van der Waals surface area contributed by atoms with Crippen LogP contribution in [0.3, 0.4) is 0 Å². The van der Waals surface area contributed by atoms with E-state index in [1.807, 2.05) is 4.90 Å². The molecule has 0 bridgehead atoms. The molecule has 0 aromatic rings. The minimum absolute atomic E-state index is 0.178. The topological polar surface area (TPSA) is 55.6 Å². The number of piperidine rings is 1. The van der Waals surface area contributed by atoms with Gasteiger partial charge in [0.15, 0.2) is 0 Å². The van der Waals surface area contributed by atoms with Gasteiger partial charge in [-0.1, -0.05) is 12.8 Å². The molecule has 2 N–H and O–H groups in total. The van der Waals surface area contributed by atoms with Gasteiger partial charge in [0.2, 0.25) is 5.91 Å². The highest BCUT2D eigenvalue weighted by Gasteiger charge is 2.44. The molecule has 0 aromatic heterocycles. The van der Waals surface area contributed by atoms with E-state index in [1.54, 1.807) is 7.11 Å². The molecule has 2 aliphatic rings. The Balaban J connectivity index is 2.08. The van der Waals surface area contributed by atoms with Gasteiger partial charge in [0.1, 0.15) is 0 Å². The maximum Gasteiger partial charge on any atom is 0.230 e. The number of likely N-dealkylation sites (tertiary alicyclic amines) is 1. The Bertz CT molecular complexity index is 313. The molecule has 18 heavy (non-hydrogen) atoms. The number of amides is 1. The van der Waals surface area contributed by atoms with Crippen molar-refractivity contribution in [2.75, 3.05) is 26.7 Å². The van der Waals surface area contributed by atoms with Crippen LogP contribution in [0.5, 0.6) is 0 Å². The second-order valence-electron chi connectivity index (χ2n) is 6.18. The van der Waals surface area contributed by atoms with Crippen LogP contribution in [0.25, 0.3) is 0 Å². The van der Waals surface area contributed by atoms with Crippen LogP contribution < -0.4 is 5.73 Å². The second kappa shape index (κ2) is 5.17. The van der Waals surface area contributed by atoms with Crippen molar-refractivity contribution >= 4 is 5.91 Å². The smallest absolute Gasteiger partial charge is 0.230 e. The zero-order valence-corrected chi connectivity index (χ0v) is 11.7. The number of hydrogen-bond donors (Lipinski definition) is 1. The molecule has 1 saturated heterocycles. The van der Waals surface area contributed by atoms with Crippen LogP contribution in [-0.4, -0.2) is 43.2 Å². The van der Waals surface area contributed by atoms with Crippen LogP contribution in [0.2, 0.25) is 0 Å². The Kier molecular flexibility index (Phi) is 3.97. The van der Waals surface area contributed by atoms with E-state index in [0.717, 1.165) is 45.1 Å². The normalized spacial score (nSPS) is 31.6. The molecule has 0 aromatic carbocycles. The number of rotatable bonds is 3. The van der Waals surface area contributed by atoms with Gasteiger partial charge in [-0.2, -0.15) is 0 Å². The summed E-state index contributed by atoms with van der Waals surface area (Å²) in [5.74, 6) is 0.269. The fourth-order valence-corrected chi connectivity index (χ4v) is 3.44. The monoisotopic (exact) mass is 254 g/mol. The minimum Gasteiger partial charge on any atom is -0.377 e. The van der Waals surface area contributed by atoms with Crippen molar-refractivity contribution in [3.8, 4) is 0 Å². The highest BCUT2D eigenvalue weighted by molar-refractivity contribution is 5.83. The third-order valence-electron chi connectivity index (χ3n) is 4.84. The summed E-state index contributed by atoms with van der Waals surface area (Å²) in [7, 11) is 1.74. The highest BCUT2D eigenvalue weighted by atomic mass is 16.5. The summed E-state index contributed by atoms with van der Waals surface area (Å²) < 4.78 is 5.56. The Morgan fingerprint density at radius 2 is 1.94 bits per heavy atom. The molecule has 1 aliphatic heterocycles. The predicted octanol–water partition coefficient (Wildman–Crippen LogP) is 1.53. The van der Waals surface area contributed by atoms with E-state index in [1.165, 1.54) is 0 Å². The third kappa shape index (κ3) is 2.41. The van der Waals surface area contributed by atoms with Crippen LogP contribution in [-0.2, 0) is 9.53 Å². The van der Waals surface area contributed by atoms with Crippen LogP contribution in [0, 0.1) is 5.41 Å². The first kappa shape index (κ1) is 13.8. The number of hydrogen-bond acceptors (Lipinski definition) is 3. The molecule has 0 spiro atoms. The van der Waals surface area contributed by atoms with Crippen LogP contribution in [0.1, 0.15) is 45.4 Å². The molecule has 1 unspecified atom stereocenters. The standard InChI is InChI=1S/C14H26N2O2/c1-13(18-2)6-5-9-16(11-13)12(17)14(10-15)7-3-4-8-14/h3-11,15H2,1-2H3. The zero-order valence-electron chi connectivity index (χ0n) is 11.7. The zero-order chi connectivity index (χ0) is 13.2. The van der Waals surface area contributed by atoms with E-state index >= 15 is 0 Å². The van der Waals surface area contributed by atoms with Crippen molar-refractivity contribution in [1.29, 1.82) is 0 Å². The SMILES string of the molecule is COC1(C)CCCN(C(=O)C2(CN)CCCC2)C1. The quantitative estimate of drug-likeness (QED) is 0.831. The van der Waals surface area contributed by atoms with E-state index < -0.39 is 0 Å². The summed E-state index contributed by atoms with van der Waals surface area (Å²) in [6, 6.07) is 0. The van der Waals surface area contributed by atoms with Crippen LogP contribution >= 0.6 is 0 Å². The summed E-state index contributed by atoms with van der Waals surface area (Å²) >= 11 is 0. The molecule has 2 rings (SSSR count). The van der Waals surface area contributed by atoms with Crippen LogP contribution in [0.4, 0.5) is 0 Å². The van der Waals surface area contributed by atoms with E-state index in [0.29, 0.717) is 13.1 Å². The molecule has 4 heteroatoms. The van der Waals surface area contributed by atoms with Gasteiger partial charge in [0, 0.05) is 26.7 Å². The summed E-state index contributed by atoms with van der Waals surface area (Å²) in [4.78, 5) is 14.7. The Hall–Kier alpha value is -0.610. The average molecular weight is 254 g/mol. The first-order valence-electron chi connectivity index (χ1n) is 7.10. The minimum atomic E-state index is -0.272. The van der Waals surface area contributed by atoms with E-state index in [2.05, 4.69) is 6.92 Å². The van der Waals surface area contributed by atoms with Crippen molar-refractivity contribution in [1.82, 2.24) is 4.90 Å². The molecule has 0 radical (unpaired) electrons. The molecule has 1 heterocycles. The summed E-state index contributed by atoms with van der Waals surface area (Å²) in [5.41, 5.74) is 5.45. The second-order valence-corrected chi connectivity index (χ2v) is 6.18. The van der Waals surface area contributed by atoms with Gasteiger partial charge in [-0.25, -0.2) is 0 Å². The highest BCUT2D eigenvalue weighted by Crippen LogP contribution is 2.40. The first-order valence-corrected chi connectivity index (χ1v) is 7.10. The molecule has 4 nitrogen and oxygen atoms in total. The molecule has 1 amide bonds. The predicted molar refractivity (Wildman–Crippen MR) is 71.2 cm³/mol. The summed E-state index contributed by atoms with van der Waals surface area (Å²) in [6.45, 7) is 4.16. The number of nitrogens with two attached hydrogens (primary N) is 1. The van der Waals surface area contributed by atoms with Gasteiger partial charge < -0.3 is 15.4 Å². The van der Waals surface area contributed by atoms with Gasteiger partial charge in [-0.15, -0.1) is 0 Å². The van der Waals surface area contributed by atoms with Gasteiger partial charge in [0.25, 0.3) is 0 Å². The Morgan fingerprint density at radius 3 is 2.50 bits per heavy atom. The van der Waals surface area contributed by atoms with Crippen molar-refractivity contribution in [2.45, 2.75) is 51.0 Å². The largest absolute Gasteiger partial charge is 0.377 e. The fourth-order valence-electron chi connectivity index (χ4n) is 3.44. The van der Waals surface area contributed by atoms with Crippen molar-refractivity contribution in [2.24, 2.45) is 11.1 Å². The van der Waals surface area contributed by atoms with Gasteiger partial charge in [-0.05, 0) is 32.6 Å². The number of ether oxygens (including phenoxy) is 1. The lowest BCUT2D eigenvalue weighted by molar-refractivity contribution is -0.149. The van der Waals surface area contributed by atoms with E-state index in [4.69, 9.17) is 10.5 Å². The summed E-state index contributed by atoms with van der Waals surface area (Å²) in [5, 5.41) is 0. The van der Waals surface area contributed by atoms with Crippen molar-refractivity contribution in [3.05, 3.63) is 0 Å². The maximum atomic E-state index is 12.7. The van der Waals surface area contributed by atoms with E-state index in [-0.39, 0.29) is 16.9 Å². The molecule has 104 valence electrons. The summed E-state index contributed by atoms with van der Waals surface area (Å²) in [6.07, 6.45) is 6.25. The van der Waals surface area contributed by atoms with Gasteiger partial charge in [-0.3, -0.25) is 4.79 Å².